The average Bonchev–Trinajstić information content (AvgIpc) is 3.10. The summed E-state index contributed by atoms with van der Waals surface area (Å²) in [6.45, 7) is 0. The molecule has 2 N–H and O–H groups in total. The van der Waals surface area contributed by atoms with E-state index in [1.54, 1.807) is 49.6 Å². The minimum atomic E-state index is -1.06. The Balaban J connectivity index is 1.83. The van der Waals surface area contributed by atoms with Gasteiger partial charge in [0, 0.05) is 10.6 Å². The van der Waals surface area contributed by atoms with Gasteiger partial charge in [-0.25, -0.2) is 9.78 Å². The molecule has 0 aliphatic heterocycles. The maximum atomic E-state index is 11.6. The number of aliphatic carboxylic acids is 1. The minimum Gasteiger partial charge on any atom is -0.497 e. The summed E-state index contributed by atoms with van der Waals surface area (Å²) in [5, 5.41) is 17.3. The molecule has 2 aromatic carbocycles. The van der Waals surface area contributed by atoms with Gasteiger partial charge in [0.1, 0.15) is 10.7 Å². The highest BCUT2D eigenvalue weighted by Gasteiger charge is 2.14. The van der Waals surface area contributed by atoms with Crippen molar-refractivity contribution in [1.29, 1.82) is 0 Å². The number of aromatic amines is 1. The Hall–Kier alpha value is -2.77. The second-order valence-electron chi connectivity index (χ2n) is 5.17. The van der Waals surface area contributed by atoms with Gasteiger partial charge in [-0.05, 0) is 59.8 Å². The van der Waals surface area contributed by atoms with Crippen molar-refractivity contribution in [1.82, 2.24) is 15.2 Å². The summed E-state index contributed by atoms with van der Waals surface area (Å²) in [7, 11) is 1.56. The number of aromatic nitrogens is 3. The number of carbonyl (C=O) groups is 1. The Kier molecular flexibility index (Phi) is 5.60. The molecule has 0 aliphatic rings. The van der Waals surface area contributed by atoms with Gasteiger partial charge in [-0.1, -0.05) is 23.7 Å². The first-order valence-corrected chi connectivity index (χ1v) is 8.70. The zero-order valence-electron chi connectivity index (χ0n) is 13.6. The number of benzene rings is 2. The third-order valence-corrected chi connectivity index (χ3v) is 4.52. The van der Waals surface area contributed by atoms with Gasteiger partial charge in [-0.3, -0.25) is 5.10 Å². The molecule has 0 amide bonds. The van der Waals surface area contributed by atoms with Gasteiger partial charge in [0.15, 0.2) is 5.82 Å². The molecule has 0 saturated carbocycles. The van der Waals surface area contributed by atoms with Crippen LogP contribution in [0.1, 0.15) is 5.56 Å². The van der Waals surface area contributed by atoms with E-state index in [1.165, 1.54) is 0 Å². The van der Waals surface area contributed by atoms with Gasteiger partial charge in [0.2, 0.25) is 5.16 Å². The molecule has 1 aromatic heterocycles. The van der Waals surface area contributed by atoms with Gasteiger partial charge in [0.05, 0.1) is 7.11 Å². The number of hydrogen-bond donors (Lipinski definition) is 2. The third-order valence-electron chi connectivity index (χ3n) is 3.39. The van der Waals surface area contributed by atoms with Crippen molar-refractivity contribution in [2.45, 2.75) is 5.16 Å². The lowest BCUT2D eigenvalue weighted by Gasteiger charge is -2.02. The Morgan fingerprint density at radius 2 is 2.04 bits per heavy atom. The van der Waals surface area contributed by atoms with E-state index in [2.05, 4.69) is 15.2 Å². The monoisotopic (exact) mass is 387 g/mol. The van der Waals surface area contributed by atoms with E-state index in [0.717, 1.165) is 17.3 Å². The zero-order chi connectivity index (χ0) is 18.5. The number of ether oxygens (including phenoxy) is 1. The fourth-order valence-electron chi connectivity index (χ4n) is 2.14. The van der Waals surface area contributed by atoms with E-state index in [4.69, 9.17) is 16.3 Å². The highest BCUT2D eigenvalue weighted by atomic mass is 35.5. The second-order valence-corrected chi connectivity index (χ2v) is 6.61. The molecular weight excluding hydrogens is 374 g/mol. The summed E-state index contributed by atoms with van der Waals surface area (Å²) >= 11 is 6.84. The third kappa shape index (κ3) is 4.44. The van der Waals surface area contributed by atoms with E-state index >= 15 is 0 Å². The molecule has 0 spiro atoms. The molecule has 0 aliphatic carbocycles. The fourth-order valence-corrected chi connectivity index (χ4v) is 2.98. The molecule has 132 valence electrons. The molecule has 0 bridgehead atoms. The molecule has 3 rings (SSSR count). The molecule has 3 aromatic rings. The summed E-state index contributed by atoms with van der Waals surface area (Å²) in [6.07, 6.45) is 1.55. The lowest BCUT2D eigenvalue weighted by molar-refractivity contribution is -0.131. The van der Waals surface area contributed by atoms with Crippen molar-refractivity contribution < 1.29 is 14.6 Å². The maximum Gasteiger partial charge on any atom is 0.342 e. The molecule has 26 heavy (non-hydrogen) atoms. The topological polar surface area (TPSA) is 88.1 Å². The Morgan fingerprint density at radius 1 is 1.27 bits per heavy atom. The van der Waals surface area contributed by atoms with E-state index in [-0.39, 0.29) is 4.91 Å². The quantitative estimate of drug-likeness (QED) is 0.483. The van der Waals surface area contributed by atoms with Crippen molar-refractivity contribution in [3.05, 3.63) is 64.0 Å². The number of carboxylic acids is 1. The maximum absolute atomic E-state index is 11.6. The summed E-state index contributed by atoms with van der Waals surface area (Å²) in [4.78, 5) is 16.0. The lowest BCUT2D eigenvalue weighted by atomic mass is 10.2. The van der Waals surface area contributed by atoms with Crippen LogP contribution in [0.2, 0.25) is 5.02 Å². The van der Waals surface area contributed by atoms with Crippen molar-refractivity contribution in [2.75, 3.05) is 7.11 Å². The first-order valence-electron chi connectivity index (χ1n) is 7.50. The van der Waals surface area contributed by atoms with Crippen molar-refractivity contribution >= 4 is 35.4 Å². The Labute approximate surface area is 158 Å². The molecule has 0 unspecified atom stereocenters. The highest BCUT2D eigenvalue weighted by molar-refractivity contribution is 8.04. The van der Waals surface area contributed by atoms with Crippen LogP contribution < -0.4 is 4.74 Å². The van der Waals surface area contributed by atoms with Gasteiger partial charge < -0.3 is 9.84 Å². The molecule has 0 radical (unpaired) electrons. The van der Waals surface area contributed by atoms with Crippen molar-refractivity contribution in [3.63, 3.8) is 0 Å². The molecule has 1 heterocycles. The zero-order valence-corrected chi connectivity index (χ0v) is 15.2. The number of rotatable bonds is 6. The van der Waals surface area contributed by atoms with Crippen molar-refractivity contribution in [3.8, 4) is 17.1 Å². The molecule has 0 atom stereocenters. The number of thioether (sulfide) groups is 1. The summed E-state index contributed by atoms with van der Waals surface area (Å²) in [6, 6.07) is 14.2. The summed E-state index contributed by atoms with van der Waals surface area (Å²) in [5.41, 5.74) is 1.52. The predicted octanol–water partition coefficient (Wildman–Crippen LogP) is 4.35. The van der Waals surface area contributed by atoms with Crippen LogP contribution in [0.3, 0.4) is 0 Å². The first kappa shape index (κ1) is 18.0. The standard InChI is InChI=1S/C18H14ClN3O3S/c1-25-14-4-2-3-11(9-14)10-15(17(23)24)26-18-20-16(21-22-18)12-5-7-13(19)8-6-12/h2-10H,1H3,(H,23,24)(H,20,21,22)/b15-10-. The number of nitrogens with one attached hydrogen (secondary N) is 1. The van der Waals surface area contributed by atoms with Gasteiger partial charge in [-0.15, -0.1) is 5.10 Å². The predicted molar refractivity (Wildman–Crippen MR) is 101 cm³/mol. The SMILES string of the molecule is COc1cccc(/C=C(\Sc2n[nH]c(-c3ccc(Cl)cc3)n2)C(=O)O)c1. The Bertz CT molecular complexity index is 954. The van der Waals surface area contributed by atoms with Crippen LogP contribution in [0.25, 0.3) is 17.5 Å². The number of H-pyrrole nitrogens is 1. The highest BCUT2D eigenvalue weighted by Crippen LogP contribution is 2.28. The van der Waals surface area contributed by atoms with Crippen LogP contribution in [0, 0.1) is 0 Å². The van der Waals surface area contributed by atoms with Gasteiger partial charge in [-0.2, -0.15) is 0 Å². The summed E-state index contributed by atoms with van der Waals surface area (Å²) in [5.74, 6) is 0.127. The number of hydrogen-bond acceptors (Lipinski definition) is 5. The fraction of sp³-hybridized carbons (Fsp3) is 0.0556. The van der Waals surface area contributed by atoms with Crippen LogP contribution in [-0.4, -0.2) is 33.4 Å². The van der Waals surface area contributed by atoms with Crippen LogP contribution in [0.15, 0.2) is 58.6 Å². The van der Waals surface area contributed by atoms with E-state index in [9.17, 15) is 9.90 Å². The van der Waals surface area contributed by atoms with Crippen molar-refractivity contribution in [2.24, 2.45) is 0 Å². The second kappa shape index (κ2) is 8.07. The Morgan fingerprint density at radius 3 is 2.73 bits per heavy atom. The molecule has 0 fully saturated rings. The minimum absolute atomic E-state index is 0.0971. The van der Waals surface area contributed by atoms with Crippen LogP contribution in [-0.2, 0) is 4.79 Å². The smallest absolute Gasteiger partial charge is 0.342 e. The molecule has 6 nitrogen and oxygen atoms in total. The molecule has 8 heteroatoms. The number of halogens is 1. The molecule has 0 saturated heterocycles. The first-order chi connectivity index (χ1) is 12.5. The lowest BCUT2D eigenvalue weighted by Crippen LogP contribution is -1.97. The number of nitrogens with zero attached hydrogens (tertiary/aromatic N) is 2. The van der Waals surface area contributed by atoms with Gasteiger partial charge >= 0.3 is 5.97 Å². The number of carboxylic acid groups (broad SMARTS) is 1. The van der Waals surface area contributed by atoms with E-state index in [0.29, 0.717) is 27.3 Å². The van der Waals surface area contributed by atoms with Gasteiger partial charge in [0.25, 0.3) is 0 Å². The van der Waals surface area contributed by atoms with Crippen LogP contribution in [0.5, 0.6) is 5.75 Å². The van der Waals surface area contributed by atoms with E-state index < -0.39 is 5.97 Å². The largest absolute Gasteiger partial charge is 0.497 e. The average molecular weight is 388 g/mol. The van der Waals surface area contributed by atoms with Crippen LogP contribution >= 0.6 is 23.4 Å². The summed E-state index contributed by atoms with van der Waals surface area (Å²) < 4.78 is 5.15. The number of methoxy groups -OCH3 is 1. The molecular formula is C18H14ClN3O3S. The normalized spacial score (nSPS) is 11.4. The van der Waals surface area contributed by atoms with Crippen LogP contribution in [0.4, 0.5) is 0 Å². The van der Waals surface area contributed by atoms with E-state index in [1.807, 2.05) is 12.1 Å².